The summed E-state index contributed by atoms with van der Waals surface area (Å²) < 4.78 is 5.58. The zero-order valence-electron chi connectivity index (χ0n) is 15.0. The number of amides is 1. The molecule has 1 saturated heterocycles. The summed E-state index contributed by atoms with van der Waals surface area (Å²) in [6, 6.07) is 15.0. The molecule has 3 rings (SSSR count). The minimum Gasteiger partial charge on any atom is -0.374 e. The fourth-order valence-electron chi connectivity index (χ4n) is 2.95. The quantitative estimate of drug-likeness (QED) is 0.785. The van der Waals surface area contributed by atoms with Crippen LogP contribution in [0.2, 0.25) is 0 Å². The molecule has 0 aliphatic carbocycles. The molecule has 2 aromatic carbocycles. The summed E-state index contributed by atoms with van der Waals surface area (Å²) in [4.78, 5) is 24.2. The van der Waals surface area contributed by atoms with Crippen LogP contribution in [-0.4, -0.2) is 44.0 Å². The Kier molecular flexibility index (Phi) is 6.15. The van der Waals surface area contributed by atoms with Gasteiger partial charge in [-0.2, -0.15) is 0 Å². The van der Waals surface area contributed by atoms with Gasteiger partial charge in [-0.1, -0.05) is 37.3 Å². The van der Waals surface area contributed by atoms with Crippen molar-refractivity contribution in [3.05, 3.63) is 59.7 Å². The topological polar surface area (TPSA) is 67.4 Å². The summed E-state index contributed by atoms with van der Waals surface area (Å²) in [7, 11) is 0. The normalized spacial score (nSPS) is 16.9. The third-order valence-corrected chi connectivity index (χ3v) is 4.48. The molecule has 0 spiro atoms. The number of rotatable bonds is 6. The monoisotopic (exact) mass is 352 g/mol. The number of hydrogen-bond donors (Lipinski definition) is 2. The molecule has 1 amide bonds. The van der Waals surface area contributed by atoms with Gasteiger partial charge in [-0.25, -0.2) is 0 Å². The molecule has 1 atom stereocenters. The molecular formula is C21H24N2O3. The van der Waals surface area contributed by atoms with Crippen molar-refractivity contribution in [1.82, 2.24) is 10.6 Å². The molecule has 1 heterocycles. The van der Waals surface area contributed by atoms with E-state index in [-0.39, 0.29) is 17.8 Å². The Morgan fingerprint density at radius 2 is 1.92 bits per heavy atom. The second-order valence-electron chi connectivity index (χ2n) is 6.34. The molecule has 5 nitrogen and oxygen atoms in total. The van der Waals surface area contributed by atoms with E-state index in [0.29, 0.717) is 30.7 Å². The van der Waals surface area contributed by atoms with Crippen molar-refractivity contribution in [2.75, 3.05) is 26.2 Å². The molecule has 1 aliphatic heterocycles. The Morgan fingerprint density at radius 1 is 1.12 bits per heavy atom. The molecule has 0 unspecified atom stereocenters. The van der Waals surface area contributed by atoms with Crippen molar-refractivity contribution < 1.29 is 14.3 Å². The fourth-order valence-corrected chi connectivity index (χ4v) is 2.95. The zero-order chi connectivity index (χ0) is 18.4. The molecular weight excluding hydrogens is 328 g/mol. The third-order valence-electron chi connectivity index (χ3n) is 4.48. The standard InChI is InChI=1S/C21H24N2O3/c1-2-20(24)18-5-3-4-17(12-18)15-6-8-16(9-7-15)21(25)23-14-19-13-22-10-11-26-19/h3-9,12,19,22H,2,10-11,13-14H2,1H3,(H,23,25)/t19-/m1/s1. The second kappa shape index (κ2) is 8.74. The molecule has 1 fully saturated rings. The lowest BCUT2D eigenvalue weighted by atomic mass is 9.99. The van der Waals surface area contributed by atoms with Crippen LogP contribution >= 0.6 is 0 Å². The van der Waals surface area contributed by atoms with Crippen LogP contribution in [0.3, 0.4) is 0 Å². The van der Waals surface area contributed by atoms with Crippen LogP contribution in [-0.2, 0) is 4.74 Å². The SMILES string of the molecule is CCC(=O)c1cccc(-c2ccc(C(=O)NC[C@H]3CNCCO3)cc2)c1. The summed E-state index contributed by atoms with van der Waals surface area (Å²) in [5.41, 5.74) is 3.27. The number of carbonyl (C=O) groups excluding carboxylic acids is 2. The van der Waals surface area contributed by atoms with Crippen LogP contribution in [0.15, 0.2) is 48.5 Å². The number of nitrogens with one attached hydrogen (secondary N) is 2. The second-order valence-corrected chi connectivity index (χ2v) is 6.34. The molecule has 1 aliphatic rings. The van der Waals surface area contributed by atoms with E-state index in [1.54, 1.807) is 12.1 Å². The van der Waals surface area contributed by atoms with Crippen LogP contribution in [0.1, 0.15) is 34.1 Å². The molecule has 2 aromatic rings. The van der Waals surface area contributed by atoms with E-state index >= 15 is 0 Å². The van der Waals surface area contributed by atoms with Gasteiger partial charge in [0.05, 0.1) is 12.7 Å². The average molecular weight is 352 g/mol. The Labute approximate surface area is 153 Å². The van der Waals surface area contributed by atoms with Crippen molar-refractivity contribution in [3.63, 3.8) is 0 Å². The lowest BCUT2D eigenvalue weighted by Gasteiger charge is -2.23. The number of carbonyl (C=O) groups is 2. The first-order valence-electron chi connectivity index (χ1n) is 9.01. The Morgan fingerprint density at radius 3 is 2.62 bits per heavy atom. The fraction of sp³-hybridized carbons (Fsp3) is 0.333. The van der Waals surface area contributed by atoms with Crippen LogP contribution in [0.25, 0.3) is 11.1 Å². The van der Waals surface area contributed by atoms with Crippen LogP contribution in [0.5, 0.6) is 0 Å². The maximum Gasteiger partial charge on any atom is 0.251 e. The van der Waals surface area contributed by atoms with Gasteiger partial charge < -0.3 is 15.4 Å². The van der Waals surface area contributed by atoms with Gasteiger partial charge in [-0.15, -0.1) is 0 Å². The maximum atomic E-state index is 12.3. The summed E-state index contributed by atoms with van der Waals surface area (Å²) in [5.74, 6) is 0.0166. The molecule has 2 N–H and O–H groups in total. The van der Waals surface area contributed by atoms with Crippen LogP contribution in [0, 0.1) is 0 Å². The van der Waals surface area contributed by atoms with E-state index in [1.807, 2.05) is 43.3 Å². The molecule has 5 heteroatoms. The number of ketones is 1. The van der Waals surface area contributed by atoms with Crippen LogP contribution < -0.4 is 10.6 Å². The largest absolute Gasteiger partial charge is 0.374 e. The molecule has 26 heavy (non-hydrogen) atoms. The van der Waals surface area contributed by atoms with E-state index in [9.17, 15) is 9.59 Å². The predicted octanol–water partition coefficient (Wildman–Crippen LogP) is 2.66. The van der Waals surface area contributed by atoms with Gasteiger partial charge in [0, 0.05) is 37.2 Å². The number of ether oxygens (including phenoxy) is 1. The minimum atomic E-state index is -0.111. The minimum absolute atomic E-state index is 0.0193. The van der Waals surface area contributed by atoms with Crippen molar-refractivity contribution >= 4 is 11.7 Å². The van der Waals surface area contributed by atoms with Gasteiger partial charge in [-0.05, 0) is 29.3 Å². The van der Waals surface area contributed by atoms with Gasteiger partial charge in [-0.3, -0.25) is 9.59 Å². The number of hydrogen-bond acceptors (Lipinski definition) is 4. The Hall–Kier alpha value is -2.50. The highest BCUT2D eigenvalue weighted by Crippen LogP contribution is 2.21. The van der Waals surface area contributed by atoms with Crippen LogP contribution in [0.4, 0.5) is 0 Å². The first kappa shape index (κ1) is 18.3. The highest BCUT2D eigenvalue weighted by molar-refractivity contribution is 5.97. The van der Waals surface area contributed by atoms with E-state index in [1.165, 1.54) is 0 Å². The van der Waals surface area contributed by atoms with Gasteiger partial charge in [0.25, 0.3) is 5.91 Å². The van der Waals surface area contributed by atoms with E-state index in [2.05, 4.69) is 10.6 Å². The number of morpholine rings is 1. The highest BCUT2D eigenvalue weighted by atomic mass is 16.5. The average Bonchev–Trinajstić information content (AvgIpc) is 2.72. The van der Waals surface area contributed by atoms with Gasteiger partial charge in [0.2, 0.25) is 0 Å². The Bertz CT molecular complexity index is 765. The summed E-state index contributed by atoms with van der Waals surface area (Å²) in [6.07, 6.45) is 0.508. The van der Waals surface area contributed by atoms with Gasteiger partial charge in [0.1, 0.15) is 0 Å². The van der Waals surface area contributed by atoms with Gasteiger partial charge in [0.15, 0.2) is 5.78 Å². The third kappa shape index (κ3) is 4.56. The first-order valence-corrected chi connectivity index (χ1v) is 9.01. The van der Waals surface area contributed by atoms with Crippen molar-refractivity contribution in [1.29, 1.82) is 0 Å². The number of Topliss-reactive ketones (excluding diaryl/α,β-unsaturated/α-hetero) is 1. The van der Waals surface area contributed by atoms with E-state index in [4.69, 9.17) is 4.74 Å². The molecule has 136 valence electrons. The lowest BCUT2D eigenvalue weighted by Crippen LogP contribution is -2.45. The summed E-state index contributed by atoms with van der Waals surface area (Å²) in [6.45, 7) is 4.64. The Balaban J connectivity index is 1.64. The molecule has 0 bridgehead atoms. The maximum absolute atomic E-state index is 12.3. The highest BCUT2D eigenvalue weighted by Gasteiger charge is 2.15. The molecule has 0 radical (unpaired) electrons. The molecule has 0 aromatic heterocycles. The van der Waals surface area contributed by atoms with Crippen molar-refractivity contribution in [2.45, 2.75) is 19.4 Å². The van der Waals surface area contributed by atoms with E-state index in [0.717, 1.165) is 24.2 Å². The summed E-state index contributed by atoms with van der Waals surface area (Å²) >= 11 is 0. The smallest absolute Gasteiger partial charge is 0.251 e. The van der Waals surface area contributed by atoms with Crippen molar-refractivity contribution in [3.8, 4) is 11.1 Å². The first-order chi connectivity index (χ1) is 12.7. The number of benzene rings is 2. The van der Waals surface area contributed by atoms with E-state index < -0.39 is 0 Å². The lowest BCUT2D eigenvalue weighted by molar-refractivity contribution is 0.0287. The summed E-state index contributed by atoms with van der Waals surface area (Å²) in [5, 5.41) is 6.15. The predicted molar refractivity (Wildman–Crippen MR) is 101 cm³/mol. The van der Waals surface area contributed by atoms with Gasteiger partial charge >= 0.3 is 0 Å². The molecule has 0 saturated carbocycles. The van der Waals surface area contributed by atoms with Crippen molar-refractivity contribution in [2.24, 2.45) is 0 Å². The zero-order valence-corrected chi connectivity index (χ0v) is 15.0.